The maximum Gasteiger partial charge on any atom is 0.119 e. The van der Waals surface area contributed by atoms with Gasteiger partial charge >= 0.3 is 0 Å². The molecule has 186 valence electrons. The zero-order valence-corrected chi connectivity index (χ0v) is 20.0. The summed E-state index contributed by atoms with van der Waals surface area (Å²) in [5.41, 5.74) is 2.49. The lowest BCUT2D eigenvalue weighted by molar-refractivity contribution is -0.231. The second kappa shape index (κ2) is 11.4. The molecule has 2 aromatic carbocycles. The summed E-state index contributed by atoms with van der Waals surface area (Å²) in [4.78, 5) is 0. The van der Waals surface area contributed by atoms with Gasteiger partial charge in [-0.25, -0.2) is 0 Å². The van der Waals surface area contributed by atoms with Crippen LogP contribution in [0.5, 0.6) is 5.75 Å². The first-order valence-corrected chi connectivity index (χ1v) is 12.1. The van der Waals surface area contributed by atoms with Crippen molar-refractivity contribution >= 4 is 11.6 Å². The zero-order valence-electron chi connectivity index (χ0n) is 19.2. The van der Waals surface area contributed by atoms with Crippen LogP contribution in [0.3, 0.4) is 0 Å². The number of hydrogen-bond acceptors (Lipinski definition) is 7. The smallest absolute Gasteiger partial charge is 0.119 e. The molecule has 4 rings (SSSR count). The Morgan fingerprint density at radius 3 is 2.24 bits per heavy atom. The minimum absolute atomic E-state index is 0.210. The number of aliphatic hydroxyl groups excluding tert-OH is 4. The van der Waals surface area contributed by atoms with E-state index in [9.17, 15) is 20.4 Å². The number of halogens is 1. The Hall–Kier alpha value is -1.71. The number of benzene rings is 2. The first-order chi connectivity index (χ1) is 16.4. The van der Waals surface area contributed by atoms with Crippen molar-refractivity contribution in [3.05, 3.63) is 64.2 Å². The molecule has 8 heteroatoms. The number of rotatable bonds is 7. The van der Waals surface area contributed by atoms with Gasteiger partial charge in [-0.3, -0.25) is 0 Å². The van der Waals surface area contributed by atoms with Crippen LogP contribution in [0.4, 0.5) is 0 Å². The lowest BCUT2D eigenvalue weighted by Gasteiger charge is -2.40. The number of methoxy groups -OCH3 is 1. The molecule has 4 N–H and O–H groups in total. The molecule has 1 aliphatic heterocycles. The Morgan fingerprint density at radius 2 is 1.59 bits per heavy atom. The topological polar surface area (TPSA) is 109 Å². The molecule has 0 spiro atoms. The highest BCUT2D eigenvalue weighted by molar-refractivity contribution is 6.31. The molecular formula is C26H33ClO7. The third-order valence-corrected chi connectivity index (χ3v) is 7.23. The van der Waals surface area contributed by atoms with Crippen LogP contribution in [0.1, 0.15) is 48.5 Å². The Balaban J connectivity index is 1.42. The van der Waals surface area contributed by atoms with Crippen molar-refractivity contribution in [1.82, 2.24) is 0 Å². The summed E-state index contributed by atoms with van der Waals surface area (Å²) >= 11 is 6.45. The van der Waals surface area contributed by atoms with E-state index in [2.05, 4.69) is 0 Å². The van der Waals surface area contributed by atoms with Crippen molar-refractivity contribution in [1.29, 1.82) is 0 Å². The van der Waals surface area contributed by atoms with Crippen molar-refractivity contribution < 1.29 is 34.6 Å². The van der Waals surface area contributed by atoms with Gasteiger partial charge in [0.25, 0.3) is 0 Å². The van der Waals surface area contributed by atoms with Crippen LogP contribution >= 0.6 is 11.6 Å². The molecule has 1 heterocycles. The van der Waals surface area contributed by atoms with Gasteiger partial charge in [-0.05, 0) is 67.0 Å². The van der Waals surface area contributed by atoms with Crippen LogP contribution in [0.25, 0.3) is 0 Å². The van der Waals surface area contributed by atoms with Gasteiger partial charge in [-0.1, -0.05) is 35.9 Å². The summed E-state index contributed by atoms with van der Waals surface area (Å²) in [6.45, 7) is -0.468. The van der Waals surface area contributed by atoms with Crippen LogP contribution in [-0.4, -0.2) is 70.8 Å². The first-order valence-electron chi connectivity index (χ1n) is 11.8. The van der Waals surface area contributed by atoms with Crippen LogP contribution < -0.4 is 4.74 Å². The molecule has 2 aromatic rings. The number of hydrogen-bond donors (Lipinski definition) is 4. The summed E-state index contributed by atoms with van der Waals surface area (Å²) in [6, 6.07) is 13.2. The van der Waals surface area contributed by atoms with E-state index in [1.165, 1.54) is 0 Å². The molecule has 1 aliphatic carbocycles. The molecule has 1 saturated heterocycles. The highest BCUT2D eigenvalue weighted by Gasteiger charge is 2.44. The van der Waals surface area contributed by atoms with E-state index in [0.29, 0.717) is 23.1 Å². The maximum atomic E-state index is 10.4. The second-order valence-corrected chi connectivity index (χ2v) is 9.58. The fourth-order valence-electron chi connectivity index (χ4n) is 4.77. The molecular weight excluding hydrogens is 460 g/mol. The number of aliphatic hydroxyl groups is 4. The molecule has 7 nitrogen and oxygen atoms in total. The Morgan fingerprint density at radius 1 is 0.912 bits per heavy atom. The standard InChI is InChI=1S/C26H33ClO7/c1-32-18-7-9-20(10-8-18)33-19-5-2-15(3-6-19)12-17-13-16(4-11-21(17)27)26-25(31)24(30)23(29)22(14-28)34-26/h2-6,11,13,18,20,22-26,28-31H,7-10,12,14H2,1H3/t18?,20?,22-,23-,24+,25-,26+/m1/s1. The Labute approximate surface area is 204 Å². The second-order valence-electron chi connectivity index (χ2n) is 9.17. The fourth-order valence-corrected chi connectivity index (χ4v) is 4.95. The largest absolute Gasteiger partial charge is 0.490 e. The van der Waals surface area contributed by atoms with Crippen LogP contribution in [0.2, 0.25) is 5.02 Å². The predicted molar refractivity (Wildman–Crippen MR) is 127 cm³/mol. The third-order valence-electron chi connectivity index (χ3n) is 6.87. The van der Waals surface area contributed by atoms with E-state index in [1.54, 1.807) is 19.2 Å². The van der Waals surface area contributed by atoms with Gasteiger partial charge in [0.2, 0.25) is 0 Å². The lowest BCUT2D eigenvalue weighted by atomic mass is 9.90. The molecule has 2 fully saturated rings. The monoisotopic (exact) mass is 492 g/mol. The molecule has 0 amide bonds. The van der Waals surface area contributed by atoms with E-state index >= 15 is 0 Å². The van der Waals surface area contributed by atoms with E-state index in [0.717, 1.165) is 42.6 Å². The summed E-state index contributed by atoms with van der Waals surface area (Å²) in [6.07, 6.45) is -0.883. The highest BCUT2D eigenvalue weighted by atomic mass is 35.5. The van der Waals surface area contributed by atoms with E-state index in [-0.39, 0.29) is 6.10 Å². The SMILES string of the molecule is COC1CCC(Oc2ccc(Cc3cc([C@@H]4O[C@H](CO)[C@@H](O)[C@H](O)[C@H]4O)ccc3Cl)cc2)CC1. The summed E-state index contributed by atoms with van der Waals surface area (Å²) in [5.74, 6) is 0.839. The van der Waals surface area contributed by atoms with Gasteiger partial charge in [-0.15, -0.1) is 0 Å². The molecule has 2 aliphatic rings. The molecule has 0 aromatic heterocycles. The van der Waals surface area contributed by atoms with Gasteiger partial charge in [0, 0.05) is 12.1 Å². The average molecular weight is 493 g/mol. The summed E-state index contributed by atoms with van der Waals surface area (Å²) in [5, 5.41) is 40.6. The highest BCUT2D eigenvalue weighted by Crippen LogP contribution is 2.34. The van der Waals surface area contributed by atoms with Crippen LogP contribution in [0.15, 0.2) is 42.5 Å². The maximum absolute atomic E-state index is 10.4. The summed E-state index contributed by atoms with van der Waals surface area (Å²) < 4.78 is 17.2. The zero-order chi connectivity index (χ0) is 24.2. The molecule has 5 atom stereocenters. The van der Waals surface area contributed by atoms with E-state index in [4.69, 9.17) is 25.8 Å². The minimum Gasteiger partial charge on any atom is -0.490 e. The van der Waals surface area contributed by atoms with Gasteiger partial charge in [0.15, 0.2) is 0 Å². The molecule has 0 radical (unpaired) electrons. The first kappa shape index (κ1) is 25.4. The van der Waals surface area contributed by atoms with Crippen molar-refractivity contribution in [2.75, 3.05) is 13.7 Å². The van der Waals surface area contributed by atoms with Gasteiger partial charge < -0.3 is 34.6 Å². The third kappa shape index (κ3) is 5.74. The van der Waals surface area contributed by atoms with Crippen LogP contribution in [0, 0.1) is 0 Å². The average Bonchev–Trinajstić information content (AvgIpc) is 2.86. The number of ether oxygens (including phenoxy) is 3. The molecule has 0 bridgehead atoms. The van der Waals surface area contributed by atoms with Crippen molar-refractivity contribution in [2.24, 2.45) is 0 Å². The molecule has 0 unspecified atom stereocenters. The lowest BCUT2D eigenvalue weighted by Crippen LogP contribution is -2.55. The Bertz CT molecular complexity index is 927. The minimum atomic E-state index is -1.42. The van der Waals surface area contributed by atoms with Gasteiger partial charge in [-0.2, -0.15) is 0 Å². The van der Waals surface area contributed by atoms with Crippen molar-refractivity contribution in [3.63, 3.8) is 0 Å². The van der Waals surface area contributed by atoms with Crippen molar-refractivity contribution in [3.8, 4) is 5.75 Å². The molecule has 34 heavy (non-hydrogen) atoms. The van der Waals surface area contributed by atoms with Crippen molar-refractivity contribution in [2.45, 2.75) is 74.8 Å². The predicted octanol–water partition coefficient (Wildman–Crippen LogP) is 2.78. The van der Waals surface area contributed by atoms with Gasteiger partial charge in [0.05, 0.1) is 18.8 Å². The normalized spacial score (nSPS) is 31.9. The molecule has 1 saturated carbocycles. The summed E-state index contributed by atoms with van der Waals surface area (Å²) in [7, 11) is 1.76. The van der Waals surface area contributed by atoms with E-state index < -0.39 is 37.1 Å². The fraction of sp³-hybridized carbons (Fsp3) is 0.538. The quantitative estimate of drug-likeness (QED) is 0.470. The Kier molecular flexibility index (Phi) is 8.47. The van der Waals surface area contributed by atoms with E-state index in [1.807, 2.05) is 30.3 Å². The van der Waals surface area contributed by atoms with Crippen LogP contribution in [-0.2, 0) is 15.9 Å². The van der Waals surface area contributed by atoms with Gasteiger partial charge in [0.1, 0.15) is 36.3 Å².